The molecule has 0 bridgehead atoms. The topological polar surface area (TPSA) is 96.6 Å². The van der Waals surface area contributed by atoms with Crippen molar-refractivity contribution >= 4 is 11.0 Å². The van der Waals surface area contributed by atoms with E-state index >= 15 is 0 Å². The summed E-state index contributed by atoms with van der Waals surface area (Å²) in [7, 11) is 2.98. The first kappa shape index (κ1) is 22.5. The number of hydrogen-bond donors (Lipinski definition) is 1. The lowest BCUT2D eigenvalue weighted by Gasteiger charge is -2.16. The van der Waals surface area contributed by atoms with Crippen LogP contribution < -0.4 is 29.1 Å². The van der Waals surface area contributed by atoms with Gasteiger partial charge in [0.15, 0.2) is 23.0 Å². The molecule has 0 fully saturated rings. The molecular formula is C27H24O8. The molecule has 4 aromatic rings. The number of methoxy groups -OCH3 is 2. The van der Waals surface area contributed by atoms with E-state index in [2.05, 4.69) is 0 Å². The molecule has 1 N–H and O–H groups in total. The third-order valence-corrected chi connectivity index (χ3v) is 5.66. The fourth-order valence-corrected chi connectivity index (χ4v) is 4.04. The molecular weight excluding hydrogens is 452 g/mol. The molecule has 2 heterocycles. The van der Waals surface area contributed by atoms with Crippen LogP contribution in [-0.2, 0) is 6.61 Å². The maximum absolute atomic E-state index is 13.5. The van der Waals surface area contributed by atoms with E-state index in [4.69, 9.17) is 28.1 Å². The summed E-state index contributed by atoms with van der Waals surface area (Å²) in [5.41, 5.74) is 1.46. The Morgan fingerprint density at radius 3 is 2.37 bits per heavy atom. The minimum Gasteiger partial charge on any atom is -0.504 e. The highest BCUT2D eigenvalue weighted by Gasteiger charge is 2.39. The minimum atomic E-state index is -0.933. The Labute approximate surface area is 201 Å². The summed E-state index contributed by atoms with van der Waals surface area (Å²) in [6, 6.07) is 14.0. The molecule has 3 aromatic carbocycles. The predicted molar refractivity (Wildman–Crippen MR) is 129 cm³/mol. The van der Waals surface area contributed by atoms with Gasteiger partial charge in [-0.25, -0.2) is 0 Å². The largest absolute Gasteiger partial charge is 0.504 e. The van der Waals surface area contributed by atoms with Crippen molar-refractivity contribution in [1.82, 2.24) is 0 Å². The van der Waals surface area contributed by atoms with Crippen molar-refractivity contribution in [2.24, 2.45) is 0 Å². The van der Waals surface area contributed by atoms with Gasteiger partial charge in [-0.05, 0) is 17.7 Å². The Kier molecular flexibility index (Phi) is 5.43. The van der Waals surface area contributed by atoms with E-state index in [1.807, 2.05) is 30.3 Å². The maximum atomic E-state index is 13.5. The van der Waals surface area contributed by atoms with E-state index in [-0.39, 0.29) is 40.1 Å². The van der Waals surface area contributed by atoms with E-state index < -0.39 is 5.79 Å². The van der Waals surface area contributed by atoms with Gasteiger partial charge in [-0.15, -0.1) is 0 Å². The van der Waals surface area contributed by atoms with Crippen LogP contribution in [0.1, 0.15) is 19.4 Å². The molecule has 0 unspecified atom stereocenters. The fraction of sp³-hybridized carbons (Fsp3) is 0.222. The monoisotopic (exact) mass is 476 g/mol. The third-order valence-electron chi connectivity index (χ3n) is 5.66. The van der Waals surface area contributed by atoms with Gasteiger partial charge in [0.05, 0.1) is 25.2 Å². The van der Waals surface area contributed by atoms with Gasteiger partial charge in [0.25, 0.3) is 0 Å². The van der Waals surface area contributed by atoms with Gasteiger partial charge < -0.3 is 33.2 Å². The Hall–Kier alpha value is -4.33. The first-order valence-electron chi connectivity index (χ1n) is 10.9. The molecule has 1 aliphatic heterocycles. The molecule has 0 saturated carbocycles. The van der Waals surface area contributed by atoms with Gasteiger partial charge in [-0.2, -0.15) is 0 Å². The molecule has 8 heteroatoms. The number of ether oxygens (including phenoxy) is 5. The summed E-state index contributed by atoms with van der Waals surface area (Å²) >= 11 is 0. The smallest absolute Gasteiger partial charge is 0.246 e. The number of hydrogen-bond acceptors (Lipinski definition) is 8. The SMILES string of the molecule is COc1cc(-c2coc3cc(OCc4ccccc4)c(O)cc3c2=O)c(OC)c2c1OC(C)(C)O2. The van der Waals surface area contributed by atoms with Crippen LogP contribution in [0.4, 0.5) is 0 Å². The zero-order chi connectivity index (χ0) is 24.7. The van der Waals surface area contributed by atoms with Gasteiger partial charge in [-0.3, -0.25) is 4.79 Å². The molecule has 8 nitrogen and oxygen atoms in total. The molecule has 1 aromatic heterocycles. The Balaban J connectivity index is 1.59. The second-order valence-electron chi connectivity index (χ2n) is 8.49. The molecule has 1 aliphatic rings. The van der Waals surface area contributed by atoms with E-state index in [1.165, 1.54) is 32.6 Å². The molecule has 5 rings (SSSR count). The number of phenols is 1. The molecule has 0 amide bonds. The summed E-state index contributed by atoms with van der Waals surface area (Å²) in [6.45, 7) is 3.78. The van der Waals surface area contributed by atoms with Gasteiger partial charge >= 0.3 is 0 Å². The maximum Gasteiger partial charge on any atom is 0.246 e. The summed E-state index contributed by atoms with van der Waals surface area (Å²) in [5.74, 6) is 0.521. The molecule has 0 aliphatic carbocycles. The van der Waals surface area contributed by atoms with Gasteiger partial charge in [0.1, 0.15) is 18.5 Å². The summed E-state index contributed by atoms with van der Waals surface area (Å²) in [5, 5.41) is 10.7. The van der Waals surface area contributed by atoms with Crippen molar-refractivity contribution in [1.29, 1.82) is 0 Å². The number of rotatable bonds is 6. The van der Waals surface area contributed by atoms with Crippen LogP contribution in [0.3, 0.4) is 0 Å². The van der Waals surface area contributed by atoms with Crippen LogP contribution >= 0.6 is 0 Å². The number of phenolic OH excluding ortho intramolecular Hbond substituents is 1. The van der Waals surface area contributed by atoms with Crippen LogP contribution in [0, 0.1) is 0 Å². The highest BCUT2D eigenvalue weighted by molar-refractivity contribution is 5.87. The Bertz CT molecular complexity index is 1470. The summed E-state index contributed by atoms with van der Waals surface area (Å²) < 4.78 is 34.4. The summed E-state index contributed by atoms with van der Waals surface area (Å²) in [6.07, 6.45) is 1.34. The first-order chi connectivity index (χ1) is 16.8. The van der Waals surface area contributed by atoms with Crippen LogP contribution in [0.25, 0.3) is 22.1 Å². The summed E-state index contributed by atoms with van der Waals surface area (Å²) in [4.78, 5) is 13.5. The van der Waals surface area contributed by atoms with Gasteiger partial charge in [-0.1, -0.05) is 30.3 Å². The zero-order valence-corrected chi connectivity index (χ0v) is 19.7. The Morgan fingerprint density at radius 1 is 0.914 bits per heavy atom. The normalized spacial score (nSPS) is 13.6. The fourth-order valence-electron chi connectivity index (χ4n) is 4.04. The van der Waals surface area contributed by atoms with Crippen molar-refractivity contribution in [2.75, 3.05) is 14.2 Å². The Morgan fingerprint density at radius 2 is 1.66 bits per heavy atom. The van der Waals surface area contributed by atoms with E-state index in [1.54, 1.807) is 19.9 Å². The van der Waals surface area contributed by atoms with Gasteiger partial charge in [0, 0.05) is 25.5 Å². The molecule has 0 spiro atoms. The van der Waals surface area contributed by atoms with Crippen LogP contribution in [0.15, 0.2) is 64.0 Å². The van der Waals surface area contributed by atoms with Crippen molar-refractivity contribution < 1.29 is 33.2 Å². The van der Waals surface area contributed by atoms with Crippen LogP contribution in [-0.4, -0.2) is 25.1 Å². The highest BCUT2D eigenvalue weighted by Crippen LogP contribution is 2.55. The molecule has 0 radical (unpaired) electrons. The number of benzene rings is 3. The minimum absolute atomic E-state index is 0.171. The van der Waals surface area contributed by atoms with Gasteiger partial charge in [0.2, 0.25) is 22.7 Å². The van der Waals surface area contributed by atoms with Crippen molar-refractivity contribution in [3.8, 4) is 45.6 Å². The van der Waals surface area contributed by atoms with E-state index in [9.17, 15) is 9.90 Å². The zero-order valence-electron chi connectivity index (χ0n) is 19.7. The first-order valence-corrected chi connectivity index (χ1v) is 10.9. The quantitative estimate of drug-likeness (QED) is 0.402. The third kappa shape index (κ3) is 3.97. The molecule has 180 valence electrons. The number of aromatic hydroxyl groups is 1. The number of fused-ring (bicyclic) bond motifs is 2. The molecule has 35 heavy (non-hydrogen) atoms. The standard InChI is InChI=1S/C27H24O8/c1-27(2)34-25-22(30-3)11-16(24(31-4)26(25)35-27)18-14-33-20-12-21(19(28)10-17(20)23(18)29)32-13-15-8-6-5-7-9-15/h5-12,14,28H,13H2,1-4H3. The van der Waals surface area contributed by atoms with Crippen molar-refractivity contribution in [2.45, 2.75) is 26.2 Å². The average molecular weight is 476 g/mol. The average Bonchev–Trinajstić information content (AvgIpc) is 3.18. The van der Waals surface area contributed by atoms with E-state index in [0.29, 0.717) is 28.6 Å². The second kappa shape index (κ2) is 8.47. The molecule has 0 atom stereocenters. The van der Waals surface area contributed by atoms with Crippen LogP contribution in [0.2, 0.25) is 0 Å². The van der Waals surface area contributed by atoms with Crippen LogP contribution in [0.5, 0.6) is 34.5 Å². The van der Waals surface area contributed by atoms with Crippen molar-refractivity contribution in [3.63, 3.8) is 0 Å². The predicted octanol–water partition coefficient (Wildman–Crippen LogP) is 5.27. The highest BCUT2D eigenvalue weighted by atomic mass is 16.7. The lowest BCUT2D eigenvalue weighted by molar-refractivity contribution is -0.0447. The molecule has 0 saturated heterocycles. The lowest BCUT2D eigenvalue weighted by Crippen LogP contribution is -2.29. The lowest BCUT2D eigenvalue weighted by atomic mass is 10.0. The second-order valence-corrected chi connectivity index (χ2v) is 8.49. The van der Waals surface area contributed by atoms with E-state index in [0.717, 1.165) is 5.56 Å². The van der Waals surface area contributed by atoms with Crippen molar-refractivity contribution in [3.05, 3.63) is 70.6 Å².